The third-order valence-corrected chi connectivity index (χ3v) is 1.79. The van der Waals surface area contributed by atoms with Crippen LogP contribution in [0.1, 0.15) is 11.6 Å². The molecule has 0 aliphatic carbocycles. The molecule has 1 aromatic rings. The predicted molar refractivity (Wildman–Crippen MR) is 46.0 cm³/mol. The number of carbonyl (C=O) groups is 1. The predicted octanol–water partition coefficient (Wildman–Crippen LogP) is 1.56. The first-order chi connectivity index (χ1) is 6.02. The summed E-state index contributed by atoms with van der Waals surface area (Å²) in [5.74, 6) is -1.96. The molecule has 0 amide bonds. The zero-order valence-corrected chi connectivity index (χ0v) is 7.25. The summed E-state index contributed by atoms with van der Waals surface area (Å²) in [7, 11) is 0. The van der Waals surface area contributed by atoms with E-state index in [-0.39, 0.29) is 10.6 Å². The van der Waals surface area contributed by atoms with Gasteiger partial charge in [0, 0.05) is 10.6 Å². The minimum atomic E-state index is -1.38. The molecule has 0 spiro atoms. The lowest BCUT2D eigenvalue weighted by molar-refractivity contribution is -0.138. The molecule has 3 nitrogen and oxygen atoms in total. The van der Waals surface area contributed by atoms with Crippen LogP contribution < -0.4 is 5.73 Å². The standard InChI is InChI=1S/C8H7ClFNO2/c9-4-1-2-6(10)5(3-4)7(11)8(12)13/h1-3,7H,11H2,(H,12,13)/t7-/m1/s1. The normalized spacial score (nSPS) is 12.5. The summed E-state index contributed by atoms with van der Waals surface area (Å²) < 4.78 is 13.0. The molecule has 0 saturated carbocycles. The number of halogens is 2. The molecule has 5 heteroatoms. The zero-order chi connectivity index (χ0) is 10.0. The molecule has 70 valence electrons. The Morgan fingerprint density at radius 3 is 2.77 bits per heavy atom. The minimum Gasteiger partial charge on any atom is -0.480 e. The smallest absolute Gasteiger partial charge is 0.325 e. The Labute approximate surface area is 78.9 Å². The summed E-state index contributed by atoms with van der Waals surface area (Å²) in [4.78, 5) is 10.4. The van der Waals surface area contributed by atoms with E-state index >= 15 is 0 Å². The molecule has 0 radical (unpaired) electrons. The van der Waals surface area contributed by atoms with Crippen LogP contribution in [0.25, 0.3) is 0 Å². The lowest BCUT2D eigenvalue weighted by atomic mass is 10.1. The second-order valence-electron chi connectivity index (χ2n) is 2.48. The van der Waals surface area contributed by atoms with Crippen molar-refractivity contribution in [2.24, 2.45) is 5.73 Å². The molecule has 13 heavy (non-hydrogen) atoms. The molecule has 0 fully saturated rings. The van der Waals surface area contributed by atoms with Crippen LogP contribution in [0.2, 0.25) is 5.02 Å². The first kappa shape index (κ1) is 9.95. The molecule has 0 aromatic heterocycles. The molecular weight excluding hydrogens is 197 g/mol. The van der Waals surface area contributed by atoms with Gasteiger partial charge in [0.25, 0.3) is 0 Å². The number of rotatable bonds is 2. The average Bonchev–Trinajstić information content (AvgIpc) is 2.08. The van der Waals surface area contributed by atoms with Crippen molar-refractivity contribution in [1.29, 1.82) is 0 Å². The number of hydrogen-bond acceptors (Lipinski definition) is 2. The quantitative estimate of drug-likeness (QED) is 0.767. The van der Waals surface area contributed by atoms with E-state index in [2.05, 4.69) is 0 Å². The van der Waals surface area contributed by atoms with Crippen LogP contribution in [-0.4, -0.2) is 11.1 Å². The number of carboxylic acids is 1. The second kappa shape index (κ2) is 3.72. The lowest BCUT2D eigenvalue weighted by Gasteiger charge is -2.07. The van der Waals surface area contributed by atoms with Gasteiger partial charge in [0.05, 0.1) is 0 Å². The summed E-state index contributed by atoms with van der Waals surface area (Å²) in [6.07, 6.45) is 0. The van der Waals surface area contributed by atoms with Gasteiger partial charge in [-0.25, -0.2) is 4.39 Å². The molecule has 1 atom stereocenters. The number of nitrogens with two attached hydrogens (primary N) is 1. The molecule has 0 aliphatic rings. The van der Waals surface area contributed by atoms with Crippen molar-refractivity contribution < 1.29 is 14.3 Å². The molecular formula is C8H7ClFNO2. The molecule has 0 bridgehead atoms. The number of benzene rings is 1. The SMILES string of the molecule is N[C@@H](C(=O)O)c1cc(Cl)ccc1F. The van der Waals surface area contributed by atoms with E-state index in [1.165, 1.54) is 12.1 Å². The first-order valence-corrected chi connectivity index (χ1v) is 3.83. The molecule has 0 saturated heterocycles. The fourth-order valence-corrected chi connectivity index (χ4v) is 1.07. The van der Waals surface area contributed by atoms with Gasteiger partial charge >= 0.3 is 5.97 Å². The third kappa shape index (κ3) is 2.17. The van der Waals surface area contributed by atoms with Crippen LogP contribution in [-0.2, 0) is 4.79 Å². The van der Waals surface area contributed by atoms with E-state index in [1.807, 2.05) is 0 Å². The van der Waals surface area contributed by atoms with E-state index in [1.54, 1.807) is 0 Å². The molecule has 0 aliphatic heterocycles. The van der Waals surface area contributed by atoms with Gasteiger partial charge in [0.1, 0.15) is 11.9 Å². The lowest BCUT2D eigenvalue weighted by Crippen LogP contribution is -2.21. The molecule has 3 N–H and O–H groups in total. The highest BCUT2D eigenvalue weighted by Crippen LogP contribution is 2.19. The Balaban J connectivity index is 3.12. The minimum absolute atomic E-state index is 0.111. The highest BCUT2D eigenvalue weighted by atomic mass is 35.5. The highest BCUT2D eigenvalue weighted by molar-refractivity contribution is 6.30. The van der Waals surface area contributed by atoms with Crippen LogP contribution in [0.4, 0.5) is 4.39 Å². The van der Waals surface area contributed by atoms with Crippen molar-refractivity contribution in [2.75, 3.05) is 0 Å². The maximum atomic E-state index is 13.0. The van der Waals surface area contributed by atoms with Gasteiger partial charge < -0.3 is 10.8 Å². The van der Waals surface area contributed by atoms with Gasteiger partial charge in [-0.15, -0.1) is 0 Å². The summed E-state index contributed by atoms with van der Waals surface area (Å²) in [5.41, 5.74) is 5.10. The Bertz CT molecular complexity index is 343. The Kier molecular flexibility index (Phi) is 2.85. The van der Waals surface area contributed by atoms with Gasteiger partial charge in [-0.2, -0.15) is 0 Å². The van der Waals surface area contributed by atoms with E-state index in [0.717, 1.165) is 6.07 Å². The maximum Gasteiger partial charge on any atom is 0.325 e. The second-order valence-corrected chi connectivity index (χ2v) is 2.92. The number of carboxylic acid groups (broad SMARTS) is 1. The topological polar surface area (TPSA) is 63.3 Å². The van der Waals surface area contributed by atoms with Crippen molar-refractivity contribution >= 4 is 17.6 Å². The zero-order valence-electron chi connectivity index (χ0n) is 6.50. The third-order valence-electron chi connectivity index (χ3n) is 1.56. The molecule has 0 heterocycles. The Morgan fingerprint density at radius 1 is 1.62 bits per heavy atom. The van der Waals surface area contributed by atoms with Gasteiger partial charge in [-0.3, -0.25) is 4.79 Å². The molecule has 1 rings (SSSR count). The number of aliphatic carboxylic acids is 1. The fraction of sp³-hybridized carbons (Fsp3) is 0.125. The summed E-state index contributed by atoms with van der Waals surface area (Å²) in [6.45, 7) is 0. The monoisotopic (exact) mass is 203 g/mol. The summed E-state index contributed by atoms with van der Waals surface area (Å²) >= 11 is 5.55. The maximum absolute atomic E-state index is 13.0. The Hall–Kier alpha value is -1.13. The van der Waals surface area contributed by atoms with Crippen molar-refractivity contribution in [2.45, 2.75) is 6.04 Å². The van der Waals surface area contributed by atoms with Crippen molar-refractivity contribution in [3.63, 3.8) is 0 Å². The van der Waals surface area contributed by atoms with Gasteiger partial charge in [0.2, 0.25) is 0 Å². The van der Waals surface area contributed by atoms with Gasteiger partial charge in [-0.1, -0.05) is 11.6 Å². The van der Waals surface area contributed by atoms with Crippen LogP contribution in [0, 0.1) is 5.82 Å². The van der Waals surface area contributed by atoms with E-state index in [9.17, 15) is 9.18 Å². The number of hydrogen-bond donors (Lipinski definition) is 2. The van der Waals surface area contributed by atoms with Crippen molar-refractivity contribution in [3.8, 4) is 0 Å². The summed E-state index contributed by atoms with van der Waals surface area (Å²) in [6, 6.07) is 2.24. The average molecular weight is 204 g/mol. The van der Waals surface area contributed by atoms with E-state index in [0.29, 0.717) is 0 Å². The Morgan fingerprint density at radius 2 is 2.23 bits per heavy atom. The van der Waals surface area contributed by atoms with Crippen molar-refractivity contribution in [3.05, 3.63) is 34.6 Å². The van der Waals surface area contributed by atoms with Crippen LogP contribution in [0.15, 0.2) is 18.2 Å². The highest BCUT2D eigenvalue weighted by Gasteiger charge is 2.18. The van der Waals surface area contributed by atoms with Crippen molar-refractivity contribution in [1.82, 2.24) is 0 Å². The first-order valence-electron chi connectivity index (χ1n) is 3.45. The summed E-state index contributed by atoms with van der Waals surface area (Å²) in [5, 5.41) is 8.77. The van der Waals surface area contributed by atoms with Crippen LogP contribution in [0.3, 0.4) is 0 Å². The molecule has 1 aromatic carbocycles. The van der Waals surface area contributed by atoms with Crippen LogP contribution in [0.5, 0.6) is 0 Å². The van der Waals surface area contributed by atoms with Gasteiger partial charge in [-0.05, 0) is 18.2 Å². The van der Waals surface area contributed by atoms with E-state index < -0.39 is 17.8 Å². The molecule has 0 unspecified atom stereocenters. The fourth-order valence-electron chi connectivity index (χ4n) is 0.886. The largest absolute Gasteiger partial charge is 0.480 e. The van der Waals surface area contributed by atoms with Crippen LogP contribution >= 0.6 is 11.6 Å². The van der Waals surface area contributed by atoms with E-state index in [4.69, 9.17) is 22.4 Å². The van der Waals surface area contributed by atoms with Gasteiger partial charge in [0.15, 0.2) is 0 Å².